The molecule has 0 spiro atoms. The summed E-state index contributed by atoms with van der Waals surface area (Å²) in [6.07, 6.45) is 0. The Balaban J connectivity index is 1.74. The fourth-order valence-corrected chi connectivity index (χ4v) is 2.89. The number of halogens is 1. The SMILES string of the molecule is COc1ccc(CNC(=O)c2cc(F)ccc2N2CCOCC2)cc1O. The smallest absolute Gasteiger partial charge is 0.253 e. The van der Waals surface area contributed by atoms with Crippen molar-refractivity contribution < 1.29 is 23.8 Å². The molecule has 7 heteroatoms. The number of ether oxygens (including phenoxy) is 2. The molecule has 0 atom stereocenters. The van der Waals surface area contributed by atoms with Crippen molar-refractivity contribution >= 4 is 11.6 Å². The van der Waals surface area contributed by atoms with Gasteiger partial charge in [-0.3, -0.25) is 4.79 Å². The van der Waals surface area contributed by atoms with Crippen LogP contribution in [-0.4, -0.2) is 44.4 Å². The van der Waals surface area contributed by atoms with Crippen molar-refractivity contribution in [1.29, 1.82) is 0 Å². The summed E-state index contributed by atoms with van der Waals surface area (Å²) in [5.41, 5.74) is 1.68. The average molecular weight is 360 g/mol. The molecule has 1 heterocycles. The number of carbonyl (C=O) groups excluding carboxylic acids is 1. The maximum atomic E-state index is 13.7. The third-order valence-corrected chi connectivity index (χ3v) is 4.25. The zero-order chi connectivity index (χ0) is 18.5. The first kappa shape index (κ1) is 18.0. The molecule has 2 aromatic carbocycles. The molecule has 2 N–H and O–H groups in total. The van der Waals surface area contributed by atoms with Gasteiger partial charge in [0.15, 0.2) is 11.5 Å². The molecular weight excluding hydrogens is 339 g/mol. The van der Waals surface area contributed by atoms with Gasteiger partial charge >= 0.3 is 0 Å². The predicted molar refractivity (Wildman–Crippen MR) is 95.3 cm³/mol. The standard InChI is InChI=1S/C19H21FN2O4/c1-25-18-5-2-13(10-17(18)23)12-21-19(24)15-11-14(20)3-4-16(15)22-6-8-26-9-7-22/h2-5,10-11,23H,6-9,12H2,1H3,(H,21,24). The molecule has 0 radical (unpaired) electrons. The minimum absolute atomic E-state index is 0.000916. The Labute approximate surface area is 151 Å². The van der Waals surface area contributed by atoms with Gasteiger partial charge in [0.1, 0.15) is 5.82 Å². The number of rotatable bonds is 5. The second-order valence-electron chi connectivity index (χ2n) is 5.95. The molecule has 0 bridgehead atoms. The number of hydrogen-bond donors (Lipinski definition) is 2. The second-order valence-corrected chi connectivity index (χ2v) is 5.95. The first-order valence-electron chi connectivity index (χ1n) is 8.35. The van der Waals surface area contributed by atoms with E-state index in [9.17, 15) is 14.3 Å². The minimum atomic E-state index is -0.464. The minimum Gasteiger partial charge on any atom is -0.504 e. The van der Waals surface area contributed by atoms with Crippen LogP contribution in [0.4, 0.5) is 10.1 Å². The number of methoxy groups -OCH3 is 1. The van der Waals surface area contributed by atoms with Crippen molar-refractivity contribution in [3.05, 3.63) is 53.3 Å². The van der Waals surface area contributed by atoms with Gasteiger partial charge in [0.2, 0.25) is 0 Å². The van der Waals surface area contributed by atoms with E-state index in [1.54, 1.807) is 18.2 Å². The van der Waals surface area contributed by atoms with Gasteiger partial charge in [-0.2, -0.15) is 0 Å². The summed E-state index contributed by atoms with van der Waals surface area (Å²) in [7, 11) is 1.47. The Morgan fingerprint density at radius 3 is 2.73 bits per heavy atom. The zero-order valence-corrected chi connectivity index (χ0v) is 14.5. The van der Waals surface area contributed by atoms with Crippen molar-refractivity contribution in [2.75, 3.05) is 38.3 Å². The normalized spacial score (nSPS) is 14.2. The first-order chi connectivity index (χ1) is 12.6. The molecule has 0 aliphatic carbocycles. The number of aromatic hydroxyl groups is 1. The molecule has 1 amide bonds. The van der Waals surface area contributed by atoms with E-state index in [0.717, 1.165) is 0 Å². The van der Waals surface area contributed by atoms with Gasteiger partial charge in [-0.1, -0.05) is 6.07 Å². The van der Waals surface area contributed by atoms with Gasteiger partial charge < -0.3 is 24.8 Å². The Bertz CT molecular complexity index is 791. The van der Waals surface area contributed by atoms with Crippen LogP contribution in [0, 0.1) is 5.82 Å². The highest BCUT2D eigenvalue weighted by Crippen LogP contribution is 2.26. The summed E-state index contributed by atoms with van der Waals surface area (Å²) in [5.74, 6) is -0.477. The van der Waals surface area contributed by atoms with Crippen molar-refractivity contribution in [2.45, 2.75) is 6.54 Å². The number of benzene rings is 2. The van der Waals surface area contributed by atoms with Crippen LogP contribution in [0.5, 0.6) is 11.5 Å². The summed E-state index contributed by atoms with van der Waals surface area (Å²) < 4.78 is 24.0. The number of carbonyl (C=O) groups is 1. The van der Waals surface area contributed by atoms with E-state index in [0.29, 0.717) is 43.3 Å². The highest BCUT2D eigenvalue weighted by Gasteiger charge is 2.19. The highest BCUT2D eigenvalue weighted by atomic mass is 19.1. The van der Waals surface area contributed by atoms with Crippen molar-refractivity contribution in [3.63, 3.8) is 0 Å². The van der Waals surface area contributed by atoms with Crippen molar-refractivity contribution in [3.8, 4) is 11.5 Å². The molecule has 3 rings (SSSR count). The van der Waals surface area contributed by atoms with Crippen LogP contribution in [0.3, 0.4) is 0 Å². The van der Waals surface area contributed by atoms with E-state index in [-0.39, 0.29) is 23.8 Å². The molecule has 1 saturated heterocycles. The van der Waals surface area contributed by atoms with Gasteiger partial charge in [-0.15, -0.1) is 0 Å². The van der Waals surface area contributed by atoms with Crippen LogP contribution in [0.1, 0.15) is 15.9 Å². The zero-order valence-electron chi connectivity index (χ0n) is 14.5. The highest BCUT2D eigenvalue weighted by molar-refractivity contribution is 5.99. The number of phenols is 1. The quantitative estimate of drug-likeness (QED) is 0.856. The van der Waals surface area contributed by atoms with Crippen LogP contribution >= 0.6 is 0 Å². The number of nitrogens with one attached hydrogen (secondary N) is 1. The number of morpholine rings is 1. The summed E-state index contributed by atoms with van der Waals surface area (Å²) in [4.78, 5) is 14.6. The molecule has 6 nitrogen and oxygen atoms in total. The fourth-order valence-electron chi connectivity index (χ4n) is 2.89. The Morgan fingerprint density at radius 1 is 1.27 bits per heavy atom. The van der Waals surface area contributed by atoms with Gasteiger partial charge in [-0.25, -0.2) is 4.39 Å². The average Bonchev–Trinajstić information content (AvgIpc) is 2.67. The number of anilines is 1. The summed E-state index contributed by atoms with van der Waals surface area (Å²) >= 11 is 0. The summed E-state index contributed by atoms with van der Waals surface area (Å²) in [6.45, 7) is 2.65. The molecule has 1 aliphatic heterocycles. The topological polar surface area (TPSA) is 71.0 Å². The van der Waals surface area contributed by atoms with Crippen LogP contribution < -0.4 is 15.0 Å². The Morgan fingerprint density at radius 2 is 2.04 bits per heavy atom. The lowest BCUT2D eigenvalue weighted by molar-refractivity contribution is 0.0949. The molecule has 138 valence electrons. The molecule has 2 aromatic rings. The van der Waals surface area contributed by atoms with Gasteiger partial charge in [0, 0.05) is 25.3 Å². The lowest BCUT2D eigenvalue weighted by Gasteiger charge is -2.30. The van der Waals surface area contributed by atoms with E-state index >= 15 is 0 Å². The lowest BCUT2D eigenvalue weighted by Crippen LogP contribution is -2.38. The summed E-state index contributed by atoms with van der Waals surface area (Å²) in [5, 5.41) is 12.6. The molecule has 0 aromatic heterocycles. The molecule has 1 fully saturated rings. The first-order valence-corrected chi connectivity index (χ1v) is 8.35. The van der Waals surface area contributed by atoms with Gasteiger partial charge in [0.25, 0.3) is 5.91 Å². The maximum absolute atomic E-state index is 13.7. The van der Waals surface area contributed by atoms with Gasteiger partial charge in [0.05, 0.1) is 25.9 Å². The Kier molecular flexibility index (Phi) is 5.58. The number of amides is 1. The third-order valence-electron chi connectivity index (χ3n) is 4.25. The predicted octanol–water partition coefficient (Wildman–Crippen LogP) is 2.31. The van der Waals surface area contributed by atoms with E-state index in [4.69, 9.17) is 9.47 Å². The molecule has 26 heavy (non-hydrogen) atoms. The monoisotopic (exact) mass is 360 g/mol. The maximum Gasteiger partial charge on any atom is 0.253 e. The molecule has 0 saturated carbocycles. The van der Waals surface area contributed by atoms with E-state index in [1.165, 1.54) is 25.3 Å². The lowest BCUT2D eigenvalue weighted by atomic mass is 10.1. The second kappa shape index (κ2) is 8.05. The van der Waals surface area contributed by atoms with Crippen LogP contribution in [0.25, 0.3) is 0 Å². The van der Waals surface area contributed by atoms with Crippen molar-refractivity contribution in [1.82, 2.24) is 5.32 Å². The number of nitrogens with zero attached hydrogens (tertiary/aromatic N) is 1. The largest absolute Gasteiger partial charge is 0.504 e. The van der Waals surface area contributed by atoms with Crippen LogP contribution in [0.15, 0.2) is 36.4 Å². The third kappa shape index (κ3) is 4.05. The molecular formula is C19H21FN2O4. The van der Waals surface area contributed by atoms with Crippen LogP contribution in [0.2, 0.25) is 0 Å². The number of hydrogen-bond acceptors (Lipinski definition) is 5. The van der Waals surface area contributed by atoms with Crippen molar-refractivity contribution in [2.24, 2.45) is 0 Å². The van der Waals surface area contributed by atoms with E-state index in [2.05, 4.69) is 5.32 Å². The fraction of sp³-hybridized carbons (Fsp3) is 0.316. The molecule has 1 aliphatic rings. The molecule has 0 unspecified atom stereocenters. The number of phenolic OH excluding ortho intramolecular Hbond substituents is 1. The summed E-state index contributed by atoms with van der Waals surface area (Å²) in [6, 6.07) is 9.10. The van der Waals surface area contributed by atoms with Crippen LogP contribution in [-0.2, 0) is 11.3 Å². The Hall–Kier alpha value is -2.80. The van der Waals surface area contributed by atoms with E-state index in [1.807, 2.05) is 4.90 Å². The van der Waals surface area contributed by atoms with Gasteiger partial charge in [-0.05, 0) is 35.9 Å². The van der Waals surface area contributed by atoms with E-state index < -0.39 is 5.82 Å².